The summed E-state index contributed by atoms with van der Waals surface area (Å²) in [5.41, 5.74) is 0.975. The molecule has 336 valence electrons. The molecule has 4 fully saturated rings. The van der Waals surface area contributed by atoms with Crippen molar-refractivity contribution >= 4 is 64.1 Å². The summed E-state index contributed by atoms with van der Waals surface area (Å²) in [4.78, 5) is 69.9. The van der Waals surface area contributed by atoms with Gasteiger partial charge in [0, 0.05) is 41.2 Å². The number of hydrogen-bond donors (Lipinski definition) is 0. The fraction of sp³-hybridized carbons (Fsp3) is 0.627. The lowest BCUT2D eigenvalue weighted by Crippen LogP contribution is -2.52. The highest BCUT2D eigenvalue weighted by molar-refractivity contribution is 7.15. The predicted molar refractivity (Wildman–Crippen MR) is 251 cm³/mol. The van der Waals surface area contributed by atoms with Crippen LogP contribution in [0.25, 0.3) is 0 Å². The molecule has 11 heteroatoms. The van der Waals surface area contributed by atoms with Crippen LogP contribution >= 0.6 is 22.7 Å². The normalized spacial score (nSPS) is 22.6. The number of nitrogens with zero attached hydrogens (tertiary/aromatic N) is 2. The Bertz CT molecular complexity index is 1900. The maximum atomic E-state index is 13.7. The second-order valence-electron chi connectivity index (χ2n) is 19.5. The van der Waals surface area contributed by atoms with E-state index < -0.39 is 11.9 Å². The molecule has 0 radical (unpaired) electrons. The van der Waals surface area contributed by atoms with Gasteiger partial charge in [0.25, 0.3) is 0 Å². The number of hydrogen-bond acceptors (Lipinski definition) is 9. The molecule has 9 nitrogen and oxygen atoms in total. The molecule has 0 aromatic carbocycles. The number of anilines is 2. The van der Waals surface area contributed by atoms with Crippen molar-refractivity contribution in [3.63, 3.8) is 0 Å². The number of allylic oxidation sites excluding steroid dienone is 1. The molecule has 2 aromatic heterocycles. The first-order valence-corrected chi connectivity index (χ1v) is 24.3. The van der Waals surface area contributed by atoms with Gasteiger partial charge in [0.15, 0.2) is 0 Å². The Morgan fingerprint density at radius 1 is 0.661 bits per heavy atom. The third-order valence-electron chi connectivity index (χ3n) is 12.5. The van der Waals surface area contributed by atoms with E-state index in [2.05, 4.69) is 51.0 Å². The summed E-state index contributed by atoms with van der Waals surface area (Å²) >= 11 is 2.61. The Morgan fingerprint density at radius 3 is 1.39 bits per heavy atom. The maximum Gasteiger partial charge on any atom is 0.350 e. The van der Waals surface area contributed by atoms with Gasteiger partial charge in [-0.25, -0.2) is 9.59 Å². The molecule has 0 spiro atoms. The van der Waals surface area contributed by atoms with E-state index in [0.29, 0.717) is 39.4 Å². The number of carbonyl (C=O) groups is 5. The molecule has 2 aromatic rings. The van der Waals surface area contributed by atoms with Gasteiger partial charge < -0.3 is 24.1 Å². The van der Waals surface area contributed by atoms with Gasteiger partial charge in [-0.15, -0.1) is 29.3 Å². The zero-order valence-electron chi connectivity index (χ0n) is 38.4. The molecule has 2 saturated heterocycles. The Balaban J connectivity index is 0.000000234. The number of thiophene rings is 2. The van der Waals surface area contributed by atoms with E-state index in [1.54, 1.807) is 0 Å². The fourth-order valence-electron chi connectivity index (χ4n) is 9.47. The molecule has 2 aliphatic carbocycles. The molecular formula is C51H68N2O7S2. The summed E-state index contributed by atoms with van der Waals surface area (Å²) in [6, 6.07) is 3.99. The lowest BCUT2D eigenvalue weighted by molar-refractivity contribution is -0.127. The second-order valence-corrected chi connectivity index (χ2v) is 21.6. The number of esters is 2. The number of ether oxygens (including phenoxy) is 2. The van der Waals surface area contributed by atoms with Crippen LogP contribution in [0, 0.1) is 58.2 Å². The molecule has 62 heavy (non-hydrogen) atoms. The van der Waals surface area contributed by atoms with Crippen molar-refractivity contribution in [2.45, 2.75) is 156 Å². The van der Waals surface area contributed by atoms with E-state index in [1.165, 1.54) is 75.4 Å². The van der Waals surface area contributed by atoms with Crippen molar-refractivity contribution in [2.24, 2.45) is 34.5 Å². The van der Waals surface area contributed by atoms with Gasteiger partial charge in [-0.3, -0.25) is 9.59 Å². The van der Waals surface area contributed by atoms with E-state index in [9.17, 15) is 24.0 Å². The summed E-state index contributed by atoms with van der Waals surface area (Å²) in [6.45, 7) is 16.1. The number of methoxy groups -OCH3 is 2. The first-order chi connectivity index (χ1) is 29.5. The van der Waals surface area contributed by atoms with Crippen LogP contribution in [0.4, 0.5) is 11.4 Å². The van der Waals surface area contributed by atoms with Gasteiger partial charge in [-0.1, -0.05) is 68.3 Å². The van der Waals surface area contributed by atoms with Gasteiger partial charge in [0.05, 0.1) is 35.3 Å². The molecular weight excluding hydrogens is 817 g/mol. The van der Waals surface area contributed by atoms with Gasteiger partial charge in [-0.05, 0) is 123 Å². The van der Waals surface area contributed by atoms with Gasteiger partial charge >= 0.3 is 11.9 Å². The molecule has 6 rings (SSSR count). The third kappa shape index (κ3) is 12.5. The average molecular weight is 885 g/mol. The van der Waals surface area contributed by atoms with Crippen LogP contribution in [-0.4, -0.2) is 56.3 Å². The molecule has 2 amide bonds. The quantitative estimate of drug-likeness (QED) is 0.101. The largest absolute Gasteiger partial charge is 0.465 e. The van der Waals surface area contributed by atoms with Gasteiger partial charge in [0.1, 0.15) is 16.0 Å². The third-order valence-corrected chi connectivity index (χ3v) is 14.5. The standard InChI is InChI=1S/C26H35NO3S.C25H33NO4S/c1-6-10-19-13-14-21(18-11-8-7-9-12-18)27(24(19)28)22-17-20(15-16-26(2,3)4)31-23(22)25(29)30-5;1-25(2,3)14-12-19-16-21(22(31-19)24(29)30-4)26-20(17-8-6-5-7-9-17)11-10-18(13-15-27)23(26)28/h6,17-19,21H,1,7-14H2,2-5H3;15-18,20H,5-11,13H2,1-4H3/t19-,21-;18-,20+/m01/s1. The van der Waals surface area contributed by atoms with Crippen LogP contribution in [0.3, 0.4) is 0 Å². The van der Waals surface area contributed by atoms with Crippen LogP contribution in [-0.2, 0) is 23.9 Å². The molecule has 0 bridgehead atoms. The van der Waals surface area contributed by atoms with E-state index >= 15 is 0 Å². The highest BCUT2D eigenvalue weighted by Gasteiger charge is 2.43. The Hall–Kier alpha value is -4.19. The molecule has 2 aliphatic heterocycles. The monoisotopic (exact) mass is 884 g/mol. The van der Waals surface area contributed by atoms with E-state index in [1.807, 2.05) is 48.8 Å². The minimum atomic E-state index is -0.448. The summed E-state index contributed by atoms with van der Waals surface area (Å²) < 4.78 is 10.1. The van der Waals surface area contributed by atoms with Crippen LogP contribution in [0.5, 0.6) is 0 Å². The van der Waals surface area contributed by atoms with E-state index in [0.717, 1.165) is 67.4 Å². The van der Waals surface area contributed by atoms with Crippen molar-refractivity contribution in [1.29, 1.82) is 0 Å². The zero-order chi connectivity index (χ0) is 45.2. The van der Waals surface area contributed by atoms with Crippen molar-refractivity contribution in [3.8, 4) is 23.7 Å². The van der Waals surface area contributed by atoms with Crippen LogP contribution < -0.4 is 9.80 Å². The molecule has 0 N–H and O–H groups in total. The number of rotatable bonds is 10. The molecule has 4 heterocycles. The number of amides is 2. The van der Waals surface area contributed by atoms with E-state index in [-0.39, 0.29) is 53.0 Å². The van der Waals surface area contributed by atoms with Crippen LogP contribution in [0.1, 0.15) is 173 Å². The summed E-state index contributed by atoms with van der Waals surface area (Å²) in [5, 5.41) is 0. The molecule has 4 atom stereocenters. The summed E-state index contributed by atoms with van der Waals surface area (Å²) in [7, 11) is 2.75. The highest BCUT2D eigenvalue weighted by atomic mass is 32.1. The summed E-state index contributed by atoms with van der Waals surface area (Å²) in [5.74, 6) is 12.6. The number of carbonyl (C=O) groups excluding carboxylic acids is 5. The fourth-order valence-corrected chi connectivity index (χ4v) is 11.3. The van der Waals surface area contributed by atoms with E-state index in [4.69, 9.17) is 9.47 Å². The SMILES string of the molecule is C=CC[C@H]1CC[C@@H](C2CCCCC2)N(c2cc(C#CC(C)(C)C)sc2C(=O)OC)C1=O.COC(=O)c1sc(C#CC(C)(C)C)cc1N1C(=O)[C@@H](CC=O)CC[C@H]1C1CCCCC1. The maximum absolute atomic E-state index is 13.7. The Kier molecular flexibility index (Phi) is 17.3. The zero-order valence-corrected chi connectivity index (χ0v) is 40.0. The highest BCUT2D eigenvalue weighted by Crippen LogP contribution is 2.44. The Labute approximate surface area is 378 Å². The molecule has 0 unspecified atom stereocenters. The molecule has 2 saturated carbocycles. The van der Waals surface area contributed by atoms with Gasteiger partial charge in [-0.2, -0.15) is 0 Å². The van der Waals surface area contributed by atoms with Crippen molar-refractivity contribution in [3.05, 3.63) is 44.3 Å². The molecule has 4 aliphatic rings. The Morgan fingerprint density at radius 2 is 1.05 bits per heavy atom. The van der Waals surface area contributed by atoms with Crippen molar-refractivity contribution in [1.82, 2.24) is 0 Å². The van der Waals surface area contributed by atoms with Crippen molar-refractivity contribution < 1.29 is 33.4 Å². The van der Waals surface area contributed by atoms with Crippen LogP contribution in [0.2, 0.25) is 0 Å². The minimum absolute atomic E-state index is 0.0489. The smallest absolute Gasteiger partial charge is 0.350 e. The second kappa shape index (κ2) is 21.9. The first-order valence-electron chi connectivity index (χ1n) is 22.7. The topological polar surface area (TPSA) is 110 Å². The predicted octanol–water partition coefficient (Wildman–Crippen LogP) is 11.4. The lowest BCUT2D eigenvalue weighted by atomic mass is 9.77. The minimum Gasteiger partial charge on any atom is -0.465 e. The number of piperidine rings is 2. The van der Waals surface area contributed by atoms with Crippen molar-refractivity contribution in [2.75, 3.05) is 24.0 Å². The van der Waals surface area contributed by atoms with Crippen LogP contribution in [0.15, 0.2) is 24.8 Å². The average Bonchev–Trinajstić information content (AvgIpc) is 3.88. The number of aldehydes is 1. The first kappa shape index (κ1) is 48.8. The summed E-state index contributed by atoms with van der Waals surface area (Å²) in [6.07, 6.45) is 18.8. The van der Waals surface area contributed by atoms with Gasteiger partial charge in [0.2, 0.25) is 11.8 Å². The lowest BCUT2D eigenvalue weighted by Gasteiger charge is -2.44.